The van der Waals surface area contributed by atoms with Crippen LogP contribution in [0, 0.1) is 0 Å². The lowest BCUT2D eigenvalue weighted by molar-refractivity contribution is 1.52. The molecule has 0 heterocycles. The Labute approximate surface area is 79.0 Å². The zero-order valence-corrected chi connectivity index (χ0v) is 8.43. The molecule has 0 rings (SSSR count). The van der Waals surface area contributed by atoms with Crippen LogP contribution in [0.2, 0.25) is 0 Å². The molecule has 0 unspecified atom stereocenters. The van der Waals surface area contributed by atoms with Gasteiger partial charge >= 0.3 is 0 Å². The normalized spacial score (nSPS) is 14.7. The lowest BCUT2D eigenvalue weighted by Crippen LogP contribution is -1.86. The maximum Gasteiger partial charge on any atom is 0.104 e. The summed E-state index contributed by atoms with van der Waals surface area (Å²) in [4.78, 5) is 3.79. The van der Waals surface area contributed by atoms with Gasteiger partial charge in [-0.15, -0.1) is 0 Å². The van der Waals surface area contributed by atoms with Crippen LogP contribution in [-0.2, 0) is 0 Å². The van der Waals surface area contributed by atoms with Crippen LogP contribution in [0.5, 0.6) is 0 Å². The van der Waals surface area contributed by atoms with Crippen molar-refractivity contribution in [3.8, 4) is 0 Å². The second kappa shape index (κ2) is 5.73. The van der Waals surface area contributed by atoms with Gasteiger partial charge in [-0.05, 0) is 35.6 Å². The molecule has 0 bridgehead atoms. The van der Waals surface area contributed by atoms with Crippen LogP contribution in [0.15, 0.2) is 25.9 Å². The van der Waals surface area contributed by atoms with Crippen molar-refractivity contribution < 1.29 is 0 Å². The standard InChI is InChI=1S/C6H8ClIN2/c1-2-5(7)3-6(8)10-4-9/h2-4H,1H3,(H2,9,10)/b5-2+,6-3-. The lowest BCUT2D eigenvalue weighted by Gasteiger charge is -1.87. The molecule has 0 amide bonds. The predicted octanol–water partition coefficient (Wildman–Crippen LogP) is 2.39. The molecule has 0 radical (unpaired) electrons. The minimum atomic E-state index is 0.662. The molecular formula is C6H8ClIN2. The molecule has 56 valence electrons. The van der Waals surface area contributed by atoms with Gasteiger partial charge in [0.25, 0.3) is 0 Å². The molecule has 0 saturated heterocycles. The molecule has 0 aliphatic heterocycles. The number of halogens is 2. The van der Waals surface area contributed by atoms with Crippen molar-refractivity contribution in [2.45, 2.75) is 6.92 Å². The Bertz CT molecular complexity index is 184. The van der Waals surface area contributed by atoms with E-state index < -0.39 is 0 Å². The van der Waals surface area contributed by atoms with E-state index in [1.54, 1.807) is 12.2 Å². The van der Waals surface area contributed by atoms with Crippen molar-refractivity contribution in [2.75, 3.05) is 0 Å². The summed E-state index contributed by atoms with van der Waals surface area (Å²) >= 11 is 7.70. The molecule has 0 aliphatic rings. The molecule has 0 saturated carbocycles. The van der Waals surface area contributed by atoms with Gasteiger partial charge in [0.05, 0.1) is 6.34 Å². The maximum absolute atomic E-state index is 5.66. The Balaban J connectivity index is 4.16. The largest absolute Gasteiger partial charge is 0.390 e. The van der Waals surface area contributed by atoms with Crippen LogP contribution in [0.1, 0.15) is 6.92 Å². The van der Waals surface area contributed by atoms with Gasteiger partial charge in [-0.25, -0.2) is 4.99 Å². The minimum absolute atomic E-state index is 0.662. The smallest absolute Gasteiger partial charge is 0.104 e. The van der Waals surface area contributed by atoms with Crippen molar-refractivity contribution in [3.05, 3.63) is 20.9 Å². The van der Waals surface area contributed by atoms with Gasteiger partial charge in [0.1, 0.15) is 3.70 Å². The highest BCUT2D eigenvalue weighted by Crippen LogP contribution is 2.13. The van der Waals surface area contributed by atoms with E-state index in [2.05, 4.69) is 4.99 Å². The minimum Gasteiger partial charge on any atom is -0.390 e. The second-order valence-corrected chi connectivity index (χ2v) is 2.96. The summed E-state index contributed by atoms with van der Waals surface area (Å²) in [6, 6.07) is 0. The number of nitrogens with two attached hydrogens (primary N) is 1. The van der Waals surface area contributed by atoms with Crippen LogP contribution in [0.25, 0.3) is 0 Å². The first-order valence-electron chi connectivity index (χ1n) is 2.64. The highest BCUT2D eigenvalue weighted by molar-refractivity contribution is 14.1. The van der Waals surface area contributed by atoms with E-state index in [0.717, 1.165) is 3.70 Å². The fourth-order valence-electron chi connectivity index (χ4n) is 0.306. The van der Waals surface area contributed by atoms with Crippen molar-refractivity contribution in [2.24, 2.45) is 10.7 Å². The first-order chi connectivity index (χ1) is 4.70. The molecule has 2 N–H and O–H groups in total. The highest BCUT2D eigenvalue weighted by Gasteiger charge is 1.86. The van der Waals surface area contributed by atoms with Gasteiger partial charge in [0.15, 0.2) is 0 Å². The Morgan fingerprint density at radius 1 is 1.70 bits per heavy atom. The Morgan fingerprint density at radius 2 is 2.30 bits per heavy atom. The quantitative estimate of drug-likeness (QED) is 0.270. The summed E-state index contributed by atoms with van der Waals surface area (Å²) in [6.45, 7) is 1.86. The molecule has 10 heavy (non-hydrogen) atoms. The molecule has 0 atom stereocenters. The topological polar surface area (TPSA) is 38.4 Å². The fourth-order valence-corrected chi connectivity index (χ4v) is 1.09. The maximum atomic E-state index is 5.66. The van der Waals surface area contributed by atoms with Crippen LogP contribution < -0.4 is 5.73 Å². The number of aliphatic imine (C=N–C) groups is 1. The SMILES string of the molecule is C\C=C(Cl)/C=C(I)\N=C/N. The van der Waals surface area contributed by atoms with Crippen LogP contribution in [0.3, 0.4) is 0 Å². The zero-order valence-electron chi connectivity index (χ0n) is 5.51. The molecule has 2 nitrogen and oxygen atoms in total. The van der Waals surface area contributed by atoms with Crippen LogP contribution in [0.4, 0.5) is 0 Å². The van der Waals surface area contributed by atoms with Gasteiger partial charge in [0, 0.05) is 5.03 Å². The van der Waals surface area contributed by atoms with E-state index in [1.165, 1.54) is 6.34 Å². The molecule has 0 aromatic rings. The average molecular weight is 271 g/mol. The monoisotopic (exact) mass is 270 g/mol. The fraction of sp³-hybridized carbons (Fsp3) is 0.167. The molecule has 0 spiro atoms. The number of hydrogen-bond acceptors (Lipinski definition) is 1. The first kappa shape index (κ1) is 9.97. The predicted molar refractivity (Wildman–Crippen MR) is 54.4 cm³/mol. The van der Waals surface area contributed by atoms with E-state index >= 15 is 0 Å². The van der Waals surface area contributed by atoms with Crippen LogP contribution >= 0.6 is 34.2 Å². The van der Waals surface area contributed by atoms with Gasteiger partial charge in [-0.1, -0.05) is 17.7 Å². The summed E-state index contributed by atoms with van der Waals surface area (Å²) in [5.74, 6) is 0. The van der Waals surface area contributed by atoms with E-state index in [4.69, 9.17) is 17.3 Å². The highest BCUT2D eigenvalue weighted by atomic mass is 127. The van der Waals surface area contributed by atoms with Gasteiger partial charge in [-0.3, -0.25) is 0 Å². The van der Waals surface area contributed by atoms with Crippen molar-refractivity contribution in [1.82, 2.24) is 0 Å². The molecule has 0 aromatic heterocycles. The Kier molecular flexibility index (Phi) is 5.71. The molecular weight excluding hydrogens is 262 g/mol. The molecule has 4 heteroatoms. The number of rotatable bonds is 2. The second-order valence-electron chi connectivity index (χ2n) is 1.42. The third-order valence-electron chi connectivity index (χ3n) is 0.731. The molecule has 0 aliphatic carbocycles. The van der Waals surface area contributed by atoms with Crippen molar-refractivity contribution in [3.63, 3.8) is 0 Å². The third-order valence-corrected chi connectivity index (χ3v) is 1.65. The van der Waals surface area contributed by atoms with Gasteiger partial charge < -0.3 is 5.73 Å². The van der Waals surface area contributed by atoms with E-state index in [9.17, 15) is 0 Å². The first-order valence-corrected chi connectivity index (χ1v) is 4.09. The van der Waals surface area contributed by atoms with Crippen molar-refractivity contribution in [1.29, 1.82) is 0 Å². The molecule has 0 aromatic carbocycles. The van der Waals surface area contributed by atoms with Crippen molar-refractivity contribution >= 4 is 40.5 Å². The summed E-state index contributed by atoms with van der Waals surface area (Å²) in [5, 5.41) is 0.662. The van der Waals surface area contributed by atoms with Gasteiger partial charge in [0.2, 0.25) is 0 Å². The number of hydrogen-bond donors (Lipinski definition) is 1. The van der Waals surface area contributed by atoms with Gasteiger partial charge in [-0.2, -0.15) is 0 Å². The summed E-state index contributed by atoms with van der Waals surface area (Å²) in [6.07, 6.45) is 4.75. The summed E-state index contributed by atoms with van der Waals surface area (Å²) < 4.78 is 0.767. The van der Waals surface area contributed by atoms with E-state index in [1.807, 2.05) is 29.5 Å². The number of nitrogens with zero attached hydrogens (tertiary/aromatic N) is 1. The Hall–Kier alpha value is -0.0300. The summed E-state index contributed by atoms with van der Waals surface area (Å²) in [5.41, 5.74) is 5.05. The molecule has 0 fully saturated rings. The van der Waals surface area contributed by atoms with E-state index in [-0.39, 0.29) is 0 Å². The zero-order chi connectivity index (χ0) is 7.98. The Morgan fingerprint density at radius 3 is 2.70 bits per heavy atom. The number of allylic oxidation sites excluding steroid dienone is 3. The summed E-state index contributed by atoms with van der Waals surface area (Å²) in [7, 11) is 0. The third kappa shape index (κ3) is 4.81. The van der Waals surface area contributed by atoms with Crippen LogP contribution in [-0.4, -0.2) is 6.34 Å². The van der Waals surface area contributed by atoms with E-state index in [0.29, 0.717) is 5.03 Å². The average Bonchev–Trinajstić information content (AvgIpc) is 1.88. The lowest BCUT2D eigenvalue weighted by atomic mass is 10.5.